The fourth-order valence-corrected chi connectivity index (χ4v) is 11.6. The van der Waals surface area contributed by atoms with E-state index in [0.29, 0.717) is 11.2 Å². The second-order valence-electron chi connectivity index (χ2n) is 14.9. The van der Waals surface area contributed by atoms with Crippen LogP contribution in [0.2, 0.25) is 0 Å². The molecule has 7 aromatic carbocycles. The standard InChI is InChI=1S/C51H34N4S2/c1-3-13-31(14-4-1)49-52-50(32-15-5-2-6-16-32)54-51(53-49)34-26-28-45-41(30-34)38-20-11-19-35(47(38)56-45)33-25-27-46-40(29-33)39-21-12-24-44(48(39)57-46)55-42-22-9-7-17-36(42)37-18-8-10-23-43(37)55/h1-30,39,48-49H,(H,52,53,54). The number of benzene rings is 7. The summed E-state index contributed by atoms with van der Waals surface area (Å²) in [4.78, 5) is 11.6. The number of rotatable bonds is 5. The normalized spacial score (nSPS) is 18.7. The van der Waals surface area contributed by atoms with E-state index in [2.05, 4.69) is 180 Å². The highest BCUT2D eigenvalue weighted by molar-refractivity contribution is 8.00. The van der Waals surface area contributed by atoms with E-state index < -0.39 is 0 Å². The second kappa shape index (κ2) is 13.1. The summed E-state index contributed by atoms with van der Waals surface area (Å²) >= 11 is 3.87. The average molecular weight is 767 g/mol. The van der Waals surface area contributed by atoms with Crippen LogP contribution in [-0.4, -0.2) is 21.5 Å². The first-order chi connectivity index (χ1) is 28.2. The number of aromatic nitrogens is 1. The molecule has 4 nitrogen and oxygen atoms in total. The predicted octanol–water partition coefficient (Wildman–Crippen LogP) is 13.0. The first kappa shape index (κ1) is 32.7. The highest BCUT2D eigenvalue weighted by Crippen LogP contribution is 2.54. The molecule has 270 valence electrons. The number of amidine groups is 2. The Morgan fingerprint density at radius 1 is 0.596 bits per heavy atom. The van der Waals surface area contributed by atoms with Gasteiger partial charge in [0.2, 0.25) is 0 Å². The van der Waals surface area contributed by atoms with Crippen molar-refractivity contribution in [3.8, 4) is 11.1 Å². The van der Waals surface area contributed by atoms with Crippen LogP contribution >= 0.6 is 23.1 Å². The second-order valence-corrected chi connectivity index (χ2v) is 17.1. The summed E-state index contributed by atoms with van der Waals surface area (Å²) in [5.74, 6) is 1.86. The lowest BCUT2D eigenvalue weighted by Crippen LogP contribution is -2.33. The molecule has 57 heavy (non-hydrogen) atoms. The predicted molar refractivity (Wildman–Crippen MR) is 242 cm³/mol. The maximum absolute atomic E-state index is 5.16. The van der Waals surface area contributed by atoms with Crippen LogP contribution in [0.3, 0.4) is 0 Å². The molecule has 3 atom stereocenters. The van der Waals surface area contributed by atoms with Crippen molar-refractivity contribution < 1.29 is 0 Å². The van der Waals surface area contributed by atoms with Gasteiger partial charge in [0.05, 0.1) is 16.3 Å². The zero-order chi connectivity index (χ0) is 37.5. The molecule has 12 rings (SSSR count). The van der Waals surface area contributed by atoms with Crippen molar-refractivity contribution in [2.45, 2.75) is 22.2 Å². The number of hydrogen-bond donors (Lipinski definition) is 1. The van der Waals surface area contributed by atoms with Crippen LogP contribution in [0.5, 0.6) is 0 Å². The molecule has 2 aromatic heterocycles. The molecule has 0 fully saturated rings. The SMILES string of the molecule is C1=CC2c3cc(-c4cccc5c4sc4ccc(C6=NC(c7ccccc7)NC(c7ccccc7)=N6)cc45)ccc3SC2C(n2c3ccccc3c3ccccc32)=C1. The summed E-state index contributed by atoms with van der Waals surface area (Å²) in [7, 11) is 0. The van der Waals surface area contributed by atoms with Crippen molar-refractivity contribution in [1.29, 1.82) is 0 Å². The minimum Gasteiger partial charge on any atom is -0.344 e. The van der Waals surface area contributed by atoms with E-state index in [1.807, 2.05) is 35.2 Å². The number of hydrogen-bond acceptors (Lipinski definition) is 5. The number of nitrogens with zero attached hydrogens (tertiary/aromatic N) is 3. The van der Waals surface area contributed by atoms with Gasteiger partial charge in [0, 0.05) is 58.6 Å². The molecule has 3 aliphatic rings. The highest BCUT2D eigenvalue weighted by atomic mass is 32.2. The van der Waals surface area contributed by atoms with Gasteiger partial charge in [-0.1, -0.05) is 133 Å². The summed E-state index contributed by atoms with van der Waals surface area (Å²) < 4.78 is 5.07. The molecule has 9 aromatic rings. The molecule has 4 heterocycles. The third kappa shape index (κ3) is 5.28. The van der Waals surface area contributed by atoms with Crippen molar-refractivity contribution in [2.75, 3.05) is 0 Å². The molecular weight excluding hydrogens is 733 g/mol. The zero-order valence-corrected chi connectivity index (χ0v) is 32.3. The number of nitrogens with one attached hydrogen (secondary N) is 1. The number of thiophene rings is 1. The van der Waals surface area contributed by atoms with Gasteiger partial charge < -0.3 is 9.88 Å². The number of fused-ring (bicyclic) bond motifs is 9. The van der Waals surface area contributed by atoms with Crippen molar-refractivity contribution in [2.24, 2.45) is 9.98 Å². The Morgan fingerprint density at radius 3 is 2.12 bits per heavy atom. The van der Waals surface area contributed by atoms with E-state index in [-0.39, 0.29) is 6.17 Å². The number of para-hydroxylation sites is 2. The average Bonchev–Trinajstić information content (AvgIpc) is 3.96. The van der Waals surface area contributed by atoms with Gasteiger partial charge in [-0.25, -0.2) is 9.98 Å². The van der Waals surface area contributed by atoms with E-state index in [0.717, 1.165) is 28.4 Å². The Balaban J connectivity index is 0.920. The van der Waals surface area contributed by atoms with Crippen LogP contribution in [0, 0.1) is 0 Å². The maximum Gasteiger partial charge on any atom is 0.159 e. The Bertz CT molecular complexity index is 3150. The maximum atomic E-state index is 5.16. The first-order valence-corrected chi connectivity index (χ1v) is 21.1. The van der Waals surface area contributed by atoms with Gasteiger partial charge in [-0.05, 0) is 70.8 Å². The zero-order valence-electron chi connectivity index (χ0n) is 30.7. The third-order valence-electron chi connectivity index (χ3n) is 11.6. The van der Waals surface area contributed by atoms with E-state index in [4.69, 9.17) is 9.98 Å². The Kier molecular flexibility index (Phi) is 7.50. The number of allylic oxidation sites excluding steroid dienone is 3. The van der Waals surface area contributed by atoms with Crippen molar-refractivity contribution in [3.63, 3.8) is 0 Å². The topological polar surface area (TPSA) is 41.7 Å². The molecule has 1 N–H and O–H groups in total. The molecule has 3 unspecified atom stereocenters. The molecular formula is C51H34N4S2. The fraction of sp³-hybridized carbons (Fsp3) is 0.0588. The number of thioether (sulfide) groups is 1. The van der Waals surface area contributed by atoms with Gasteiger partial charge in [0.15, 0.2) is 5.84 Å². The molecule has 0 spiro atoms. The van der Waals surface area contributed by atoms with Crippen LogP contribution in [0.4, 0.5) is 0 Å². The van der Waals surface area contributed by atoms with Crippen molar-refractivity contribution in [1.82, 2.24) is 9.88 Å². The Morgan fingerprint density at radius 2 is 1.32 bits per heavy atom. The van der Waals surface area contributed by atoms with E-state index in [1.165, 1.54) is 69.3 Å². The van der Waals surface area contributed by atoms with Crippen LogP contribution in [0.25, 0.3) is 58.8 Å². The third-order valence-corrected chi connectivity index (χ3v) is 14.3. The smallest absolute Gasteiger partial charge is 0.159 e. The van der Waals surface area contributed by atoms with Crippen molar-refractivity contribution >= 4 is 82.4 Å². The lowest BCUT2D eigenvalue weighted by Gasteiger charge is -2.25. The molecule has 2 aliphatic heterocycles. The minimum atomic E-state index is -0.236. The molecule has 6 heteroatoms. The lowest BCUT2D eigenvalue weighted by molar-refractivity contribution is 0.674. The molecule has 0 bridgehead atoms. The van der Waals surface area contributed by atoms with Gasteiger partial charge in [-0.2, -0.15) is 0 Å². The minimum absolute atomic E-state index is 0.236. The largest absolute Gasteiger partial charge is 0.344 e. The first-order valence-electron chi connectivity index (χ1n) is 19.4. The Labute approximate surface area is 338 Å². The summed E-state index contributed by atoms with van der Waals surface area (Å²) in [6.45, 7) is 0. The van der Waals surface area contributed by atoms with Gasteiger partial charge in [-0.3, -0.25) is 0 Å². The van der Waals surface area contributed by atoms with E-state index >= 15 is 0 Å². The van der Waals surface area contributed by atoms with Crippen LogP contribution in [0.15, 0.2) is 197 Å². The highest BCUT2D eigenvalue weighted by Gasteiger charge is 2.37. The fourth-order valence-electron chi connectivity index (χ4n) is 8.97. The van der Waals surface area contributed by atoms with E-state index in [9.17, 15) is 0 Å². The summed E-state index contributed by atoms with van der Waals surface area (Å²) in [5.41, 5.74) is 11.0. The lowest BCUT2D eigenvalue weighted by atomic mass is 9.88. The monoisotopic (exact) mass is 766 g/mol. The van der Waals surface area contributed by atoms with Gasteiger partial charge in [0.25, 0.3) is 0 Å². The summed E-state index contributed by atoms with van der Waals surface area (Å²) in [6, 6.07) is 59.0. The quantitative estimate of drug-likeness (QED) is 0.190. The van der Waals surface area contributed by atoms with Crippen LogP contribution in [0.1, 0.15) is 34.3 Å². The number of aliphatic imine (C=N–C) groups is 2. The summed E-state index contributed by atoms with van der Waals surface area (Å²) in [6.07, 6.45) is 6.77. The summed E-state index contributed by atoms with van der Waals surface area (Å²) in [5, 5.41) is 8.98. The molecule has 0 saturated heterocycles. The molecule has 0 radical (unpaired) electrons. The van der Waals surface area contributed by atoms with Crippen LogP contribution < -0.4 is 5.32 Å². The van der Waals surface area contributed by atoms with Gasteiger partial charge >= 0.3 is 0 Å². The van der Waals surface area contributed by atoms with Gasteiger partial charge in [-0.15, -0.1) is 23.1 Å². The van der Waals surface area contributed by atoms with Crippen molar-refractivity contribution in [3.05, 3.63) is 204 Å². The van der Waals surface area contributed by atoms with E-state index in [1.54, 1.807) is 0 Å². The molecule has 0 amide bonds. The molecule has 1 aliphatic carbocycles. The Hall–Kier alpha value is -6.47. The molecule has 0 saturated carbocycles. The van der Waals surface area contributed by atoms with Gasteiger partial charge in [0.1, 0.15) is 12.0 Å². The van der Waals surface area contributed by atoms with Crippen LogP contribution in [-0.2, 0) is 0 Å².